The summed E-state index contributed by atoms with van der Waals surface area (Å²) >= 11 is 0. The second-order valence-electron chi connectivity index (χ2n) is 5.15. The van der Waals surface area contributed by atoms with Crippen molar-refractivity contribution >= 4 is 10.9 Å². The number of rotatable bonds is 4. The zero-order chi connectivity index (χ0) is 15.8. The fourth-order valence-electron chi connectivity index (χ4n) is 2.47. The summed E-state index contributed by atoms with van der Waals surface area (Å²) in [6.07, 6.45) is 1.70. The van der Waals surface area contributed by atoms with Crippen molar-refractivity contribution in [2.45, 2.75) is 20.0 Å². The van der Waals surface area contributed by atoms with E-state index in [1.54, 1.807) is 6.20 Å². The number of hydrogen-bond acceptors (Lipinski definition) is 7. The maximum absolute atomic E-state index is 5.54. The Bertz CT molecular complexity index is 967. The molecule has 0 fully saturated rings. The predicted octanol–water partition coefficient (Wildman–Crippen LogP) is 1.89. The van der Waals surface area contributed by atoms with Gasteiger partial charge in [0.05, 0.1) is 24.8 Å². The van der Waals surface area contributed by atoms with E-state index in [9.17, 15) is 0 Å². The van der Waals surface area contributed by atoms with Gasteiger partial charge in [0.25, 0.3) is 5.89 Å². The zero-order valence-corrected chi connectivity index (χ0v) is 12.4. The molecule has 0 aliphatic heterocycles. The molecule has 116 valence electrons. The molecule has 1 aromatic carbocycles. The van der Waals surface area contributed by atoms with Crippen molar-refractivity contribution in [1.29, 1.82) is 0 Å². The van der Waals surface area contributed by atoms with Gasteiger partial charge in [-0.2, -0.15) is 10.1 Å². The minimum Gasteiger partial charge on any atom is -0.361 e. The van der Waals surface area contributed by atoms with Crippen LogP contribution in [0.4, 0.5) is 0 Å². The van der Waals surface area contributed by atoms with Crippen molar-refractivity contribution in [2.24, 2.45) is 5.73 Å². The van der Waals surface area contributed by atoms with Gasteiger partial charge in [-0.15, -0.1) is 0 Å². The van der Waals surface area contributed by atoms with Crippen molar-refractivity contribution < 1.29 is 9.05 Å². The molecule has 0 unspecified atom stereocenters. The first-order chi connectivity index (χ1) is 11.3. The van der Waals surface area contributed by atoms with E-state index < -0.39 is 0 Å². The van der Waals surface area contributed by atoms with Gasteiger partial charge < -0.3 is 14.8 Å². The van der Waals surface area contributed by atoms with Crippen LogP contribution in [0.15, 0.2) is 39.5 Å². The van der Waals surface area contributed by atoms with Gasteiger partial charge in [-0.1, -0.05) is 28.5 Å². The molecule has 3 heterocycles. The van der Waals surface area contributed by atoms with Crippen LogP contribution in [-0.2, 0) is 13.1 Å². The molecule has 4 rings (SSSR count). The van der Waals surface area contributed by atoms with Crippen molar-refractivity contribution in [3.8, 4) is 11.6 Å². The molecular weight excluding hydrogens is 296 g/mol. The van der Waals surface area contributed by atoms with E-state index in [2.05, 4.69) is 20.4 Å². The van der Waals surface area contributed by atoms with Crippen LogP contribution in [0.25, 0.3) is 22.5 Å². The molecule has 0 bridgehead atoms. The number of aromatic nitrogens is 5. The second-order valence-corrected chi connectivity index (χ2v) is 5.15. The number of nitrogens with zero attached hydrogens (tertiary/aromatic N) is 5. The molecule has 0 spiro atoms. The summed E-state index contributed by atoms with van der Waals surface area (Å²) in [5.74, 6) is 1.59. The van der Waals surface area contributed by atoms with Crippen LogP contribution in [-0.4, -0.2) is 25.1 Å². The molecule has 0 atom stereocenters. The summed E-state index contributed by atoms with van der Waals surface area (Å²) in [5, 5.41) is 13.2. The van der Waals surface area contributed by atoms with Crippen LogP contribution in [0.5, 0.6) is 0 Å². The molecule has 0 saturated heterocycles. The highest BCUT2D eigenvalue weighted by molar-refractivity contribution is 5.91. The van der Waals surface area contributed by atoms with E-state index in [0.717, 1.165) is 22.2 Å². The highest BCUT2D eigenvalue weighted by atomic mass is 16.5. The summed E-state index contributed by atoms with van der Waals surface area (Å²) in [6, 6.07) is 7.88. The Labute approximate surface area is 130 Å². The van der Waals surface area contributed by atoms with E-state index in [1.165, 1.54) is 0 Å². The van der Waals surface area contributed by atoms with Gasteiger partial charge in [0.1, 0.15) is 5.76 Å². The quantitative estimate of drug-likeness (QED) is 0.613. The third kappa shape index (κ3) is 2.29. The minimum absolute atomic E-state index is 0.224. The lowest BCUT2D eigenvalue weighted by Gasteiger charge is -2.01. The number of benzene rings is 1. The van der Waals surface area contributed by atoms with Crippen molar-refractivity contribution in [3.05, 3.63) is 47.6 Å². The van der Waals surface area contributed by atoms with Crippen LogP contribution in [0.2, 0.25) is 0 Å². The molecule has 0 amide bonds. The molecule has 3 aromatic heterocycles. The topological polar surface area (TPSA) is 109 Å². The predicted molar refractivity (Wildman–Crippen MR) is 81.3 cm³/mol. The van der Waals surface area contributed by atoms with Gasteiger partial charge in [-0.05, 0) is 13.0 Å². The van der Waals surface area contributed by atoms with Crippen LogP contribution in [0, 0.1) is 6.92 Å². The molecule has 0 saturated carbocycles. The van der Waals surface area contributed by atoms with E-state index in [4.69, 9.17) is 14.8 Å². The van der Waals surface area contributed by atoms with Crippen molar-refractivity contribution in [1.82, 2.24) is 25.1 Å². The SMILES string of the molecule is Cc1oncc1Cn1nc(-c2nc(CN)no2)c2ccccc21. The maximum atomic E-state index is 5.54. The highest BCUT2D eigenvalue weighted by Crippen LogP contribution is 2.27. The Hall–Kier alpha value is -3.00. The first kappa shape index (κ1) is 13.6. The largest absolute Gasteiger partial charge is 0.361 e. The van der Waals surface area contributed by atoms with E-state index in [0.29, 0.717) is 24.0 Å². The summed E-state index contributed by atoms with van der Waals surface area (Å²) < 4.78 is 12.3. The molecule has 0 radical (unpaired) electrons. The Morgan fingerprint density at radius 2 is 2.09 bits per heavy atom. The molecule has 23 heavy (non-hydrogen) atoms. The summed E-state index contributed by atoms with van der Waals surface area (Å²) in [4.78, 5) is 4.27. The Morgan fingerprint density at radius 3 is 2.83 bits per heavy atom. The molecule has 8 nitrogen and oxygen atoms in total. The normalized spacial score (nSPS) is 11.4. The number of nitrogens with two attached hydrogens (primary N) is 1. The first-order valence-corrected chi connectivity index (χ1v) is 7.15. The average Bonchev–Trinajstić information content (AvgIpc) is 3.28. The van der Waals surface area contributed by atoms with Crippen LogP contribution in [0.3, 0.4) is 0 Å². The molecule has 0 aliphatic carbocycles. The summed E-state index contributed by atoms with van der Waals surface area (Å²) in [6.45, 7) is 2.65. The molecule has 4 aromatic rings. The average molecular weight is 310 g/mol. The number of fused-ring (bicyclic) bond motifs is 1. The van der Waals surface area contributed by atoms with E-state index in [-0.39, 0.29) is 6.54 Å². The molecule has 8 heteroatoms. The van der Waals surface area contributed by atoms with Gasteiger partial charge in [0.15, 0.2) is 11.5 Å². The lowest BCUT2D eigenvalue weighted by atomic mass is 10.2. The zero-order valence-electron chi connectivity index (χ0n) is 12.4. The maximum Gasteiger partial charge on any atom is 0.279 e. The first-order valence-electron chi connectivity index (χ1n) is 7.15. The van der Waals surface area contributed by atoms with Crippen LogP contribution < -0.4 is 5.73 Å². The number of para-hydroxylation sites is 1. The highest BCUT2D eigenvalue weighted by Gasteiger charge is 2.18. The van der Waals surface area contributed by atoms with Crippen LogP contribution >= 0.6 is 0 Å². The fraction of sp³-hybridized carbons (Fsp3) is 0.200. The number of aryl methyl sites for hydroxylation is 1. The minimum atomic E-state index is 0.224. The van der Waals surface area contributed by atoms with Gasteiger partial charge in [-0.3, -0.25) is 4.68 Å². The molecule has 0 aliphatic rings. The Morgan fingerprint density at radius 1 is 1.22 bits per heavy atom. The summed E-state index contributed by atoms with van der Waals surface area (Å²) in [7, 11) is 0. The number of hydrogen-bond donors (Lipinski definition) is 1. The lowest BCUT2D eigenvalue weighted by molar-refractivity contribution is 0.395. The van der Waals surface area contributed by atoms with E-state index in [1.807, 2.05) is 35.9 Å². The summed E-state index contributed by atoms with van der Waals surface area (Å²) in [5.41, 5.74) is 8.12. The van der Waals surface area contributed by atoms with Crippen molar-refractivity contribution in [3.63, 3.8) is 0 Å². The fourth-order valence-corrected chi connectivity index (χ4v) is 2.47. The third-order valence-electron chi connectivity index (χ3n) is 3.68. The Kier molecular flexibility index (Phi) is 3.16. The van der Waals surface area contributed by atoms with Crippen LogP contribution in [0.1, 0.15) is 17.1 Å². The lowest BCUT2D eigenvalue weighted by Crippen LogP contribution is -2.02. The monoisotopic (exact) mass is 310 g/mol. The van der Waals surface area contributed by atoms with Gasteiger partial charge in [0, 0.05) is 10.9 Å². The molecular formula is C15H14N6O2. The second kappa shape index (κ2) is 5.33. The van der Waals surface area contributed by atoms with E-state index >= 15 is 0 Å². The Balaban J connectivity index is 1.84. The van der Waals surface area contributed by atoms with Gasteiger partial charge >= 0.3 is 0 Å². The standard InChI is InChI=1S/C15H14N6O2/c1-9-10(7-17-22-9)8-21-12-5-3-2-4-11(12)14(19-21)15-18-13(6-16)20-23-15/h2-5,7H,6,8,16H2,1H3. The molecule has 2 N–H and O–H groups in total. The van der Waals surface area contributed by atoms with Gasteiger partial charge in [-0.25, -0.2) is 0 Å². The van der Waals surface area contributed by atoms with Crippen molar-refractivity contribution in [2.75, 3.05) is 0 Å². The smallest absolute Gasteiger partial charge is 0.279 e. The third-order valence-corrected chi connectivity index (χ3v) is 3.68. The van der Waals surface area contributed by atoms with Gasteiger partial charge in [0.2, 0.25) is 0 Å².